The van der Waals surface area contributed by atoms with Gasteiger partial charge in [-0.1, -0.05) is 30.3 Å². The summed E-state index contributed by atoms with van der Waals surface area (Å²) in [5.41, 5.74) is 0.360. The number of benzene rings is 1. The molecule has 1 aliphatic carbocycles. The van der Waals surface area contributed by atoms with Gasteiger partial charge in [-0.25, -0.2) is 4.79 Å². The second kappa shape index (κ2) is 6.81. The molecule has 1 aromatic carbocycles. The Morgan fingerprint density at radius 1 is 1.25 bits per heavy atom. The van der Waals surface area contributed by atoms with Gasteiger partial charge in [0.05, 0.1) is 13.1 Å². The number of nitrogens with zero attached hydrogens (tertiary/aromatic N) is 1. The van der Waals surface area contributed by atoms with Gasteiger partial charge in [-0.3, -0.25) is 4.79 Å². The van der Waals surface area contributed by atoms with Gasteiger partial charge in [-0.05, 0) is 37.2 Å². The fourth-order valence-electron chi connectivity index (χ4n) is 3.32. The van der Waals surface area contributed by atoms with E-state index < -0.39 is 11.6 Å². The minimum atomic E-state index is -0.866. The highest BCUT2D eigenvalue weighted by Crippen LogP contribution is 2.44. The molecule has 130 valence electrons. The highest BCUT2D eigenvalue weighted by atomic mass is 16.4. The SMILES string of the molecule is O=C(O)CCC(Cc1ccccc1)NC(=O)N1CC(O)(C2CC2)C1. The van der Waals surface area contributed by atoms with E-state index in [0.717, 1.165) is 18.4 Å². The van der Waals surface area contributed by atoms with E-state index in [1.165, 1.54) is 0 Å². The molecule has 1 aliphatic heterocycles. The Kier molecular flexibility index (Phi) is 4.76. The number of likely N-dealkylation sites (tertiary alicyclic amines) is 1. The summed E-state index contributed by atoms with van der Waals surface area (Å²) in [7, 11) is 0. The van der Waals surface area contributed by atoms with Gasteiger partial charge in [0.1, 0.15) is 5.60 Å². The van der Waals surface area contributed by atoms with Gasteiger partial charge < -0.3 is 20.4 Å². The van der Waals surface area contributed by atoms with Crippen LogP contribution in [-0.4, -0.2) is 51.8 Å². The van der Waals surface area contributed by atoms with Crippen LogP contribution in [0.3, 0.4) is 0 Å². The van der Waals surface area contributed by atoms with Crippen LogP contribution in [0.25, 0.3) is 0 Å². The maximum atomic E-state index is 12.4. The monoisotopic (exact) mass is 332 g/mol. The molecule has 1 saturated heterocycles. The summed E-state index contributed by atoms with van der Waals surface area (Å²) in [6.07, 6.45) is 3.09. The smallest absolute Gasteiger partial charge is 0.317 e. The standard InChI is InChI=1S/C18H24N2O4/c21-16(22)9-8-15(10-13-4-2-1-3-5-13)19-17(23)20-11-18(24,12-20)14-6-7-14/h1-5,14-15,24H,6-12H2,(H,19,23)(H,21,22). The molecule has 1 unspecified atom stereocenters. The number of β-amino-alcohol motifs (C(OH)–C–C–N with tert-alkyl or cyclic N) is 1. The minimum absolute atomic E-state index is 0.0177. The maximum Gasteiger partial charge on any atom is 0.317 e. The second-order valence-electron chi connectivity index (χ2n) is 7.00. The summed E-state index contributed by atoms with van der Waals surface area (Å²) in [5, 5.41) is 22.2. The van der Waals surface area contributed by atoms with E-state index in [0.29, 0.717) is 31.8 Å². The Bertz CT molecular complexity index is 594. The quantitative estimate of drug-likeness (QED) is 0.708. The molecular formula is C18H24N2O4. The number of carboxylic acids is 1. The molecular weight excluding hydrogens is 308 g/mol. The van der Waals surface area contributed by atoms with E-state index in [9.17, 15) is 14.7 Å². The van der Waals surface area contributed by atoms with Crippen LogP contribution in [0.2, 0.25) is 0 Å². The van der Waals surface area contributed by atoms with Crippen molar-refractivity contribution in [3.05, 3.63) is 35.9 Å². The summed E-state index contributed by atoms with van der Waals surface area (Å²) in [6, 6.07) is 9.27. The average Bonchev–Trinajstić information content (AvgIpc) is 3.35. The molecule has 2 fully saturated rings. The van der Waals surface area contributed by atoms with Gasteiger partial charge in [0.15, 0.2) is 0 Å². The second-order valence-corrected chi connectivity index (χ2v) is 7.00. The van der Waals surface area contributed by atoms with E-state index in [-0.39, 0.29) is 18.5 Å². The van der Waals surface area contributed by atoms with Crippen LogP contribution >= 0.6 is 0 Å². The molecule has 1 atom stereocenters. The molecule has 2 aliphatic rings. The van der Waals surface area contributed by atoms with Gasteiger partial charge >= 0.3 is 12.0 Å². The third kappa shape index (κ3) is 4.06. The van der Waals surface area contributed by atoms with Gasteiger partial charge in [-0.2, -0.15) is 0 Å². The first-order valence-electron chi connectivity index (χ1n) is 8.50. The zero-order valence-corrected chi connectivity index (χ0v) is 13.6. The average molecular weight is 332 g/mol. The molecule has 0 aromatic heterocycles. The molecule has 0 spiro atoms. The molecule has 3 N–H and O–H groups in total. The molecule has 6 nitrogen and oxygen atoms in total. The highest BCUT2D eigenvalue weighted by molar-refractivity contribution is 5.76. The molecule has 1 saturated carbocycles. The number of carbonyl (C=O) groups excluding carboxylic acids is 1. The lowest BCUT2D eigenvalue weighted by Crippen LogP contribution is -2.67. The number of carboxylic acid groups (broad SMARTS) is 1. The lowest BCUT2D eigenvalue weighted by molar-refractivity contribution is -0.137. The van der Waals surface area contributed by atoms with Crippen LogP contribution in [0, 0.1) is 5.92 Å². The van der Waals surface area contributed by atoms with Crippen LogP contribution in [0.5, 0.6) is 0 Å². The topological polar surface area (TPSA) is 89.9 Å². The number of rotatable bonds is 7. The molecule has 3 rings (SSSR count). The third-order valence-corrected chi connectivity index (χ3v) is 4.91. The minimum Gasteiger partial charge on any atom is -0.481 e. The number of carbonyl (C=O) groups is 2. The largest absolute Gasteiger partial charge is 0.481 e. The first-order chi connectivity index (χ1) is 11.5. The highest BCUT2D eigenvalue weighted by Gasteiger charge is 2.53. The third-order valence-electron chi connectivity index (χ3n) is 4.91. The van der Waals surface area contributed by atoms with Crippen molar-refractivity contribution in [2.75, 3.05) is 13.1 Å². The van der Waals surface area contributed by atoms with E-state index in [2.05, 4.69) is 5.32 Å². The van der Waals surface area contributed by atoms with Crippen molar-refractivity contribution >= 4 is 12.0 Å². The number of urea groups is 1. The fraction of sp³-hybridized carbons (Fsp3) is 0.556. The number of hydrogen-bond donors (Lipinski definition) is 3. The van der Waals surface area contributed by atoms with Gasteiger partial charge in [0.2, 0.25) is 0 Å². The molecule has 0 bridgehead atoms. The van der Waals surface area contributed by atoms with Crippen LogP contribution in [-0.2, 0) is 11.2 Å². The molecule has 24 heavy (non-hydrogen) atoms. The number of hydrogen-bond acceptors (Lipinski definition) is 3. The Labute approximate surface area is 141 Å². The van der Waals surface area contributed by atoms with E-state index >= 15 is 0 Å². The lowest BCUT2D eigenvalue weighted by Gasteiger charge is -2.47. The van der Waals surface area contributed by atoms with E-state index in [4.69, 9.17) is 5.11 Å². The van der Waals surface area contributed by atoms with Crippen LogP contribution in [0.4, 0.5) is 4.79 Å². The zero-order valence-electron chi connectivity index (χ0n) is 13.6. The Morgan fingerprint density at radius 2 is 1.92 bits per heavy atom. The molecule has 1 aromatic rings. The van der Waals surface area contributed by atoms with Crippen LogP contribution in [0.1, 0.15) is 31.2 Å². The van der Waals surface area contributed by atoms with Crippen molar-refractivity contribution in [2.45, 2.75) is 43.7 Å². The Balaban J connectivity index is 1.54. The van der Waals surface area contributed by atoms with Crippen molar-refractivity contribution in [3.8, 4) is 0 Å². The predicted octanol–water partition coefficient (Wildman–Crippen LogP) is 1.63. The van der Waals surface area contributed by atoms with E-state index in [1.807, 2.05) is 30.3 Å². The molecule has 0 radical (unpaired) electrons. The Hall–Kier alpha value is -2.08. The van der Waals surface area contributed by atoms with Crippen molar-refractivity contribution < 1.29 is 19.8 Å². The molecule has 2 amide bonds. The normalized spacial score (nSPS) is 20.1. The van der Waals surface area contributed by atoms with Crippen molar-refractivity contribution in [2.24, 2.45) is 5.92 Å². The number of aliphatic carboxylic acids is 1. The summed E-state index contributed by atoms with van der Waals surface area (Å²) in [4.78, 5) is 24.8. The van der Waals surface area contributed by atoms with Gasteiger partial charge in [0.25, 0.3) is 0 Å². The van der Waals surface area contributed by atoms with Crippen LogP contribution in [0.15, 0.2) is 30.3 Å². The first-order valence-corrected chi connectivity index (χ1v) is 8.50. The Morgan fingerprint density at radius 3 is 2.50 bits per heavy atom. The lowest BCUT2D eigenvalue weighted by atomic mass is 9.89. The predicted molar refractivity (Wildman–Crippen MR) is 88.6 cm³/mol. The summed E-state index contributed by atoms with van der Waals surface area (Å²) in [6.45, 7) is 0.751. The van der Waals surface area contributed by atoms with Crippen LogP contribution < -0.4 is 5.32 Å². The molecule has 6 heteroatoms. The molecule has 1 heterocycles. The van der Waals surface area contributed by atoms with Crippen molar-refractivity contribution in [1.29, 1.82) is 0 Å². The van der Waals surface area contributed by atoms with Crippen molar-refractivity contribution in [3.63, 3.8) is 0 Å². The number of amides is 2. The van der Waals surface area contributed by atoms with Gasteiger partial charge in [-0.15, -0.1) is 0 Å². The summed E-state index contributed by atoms with van der Waals surface area (Å²) in [5.74, 6) is -0.525. The summed E-state index contributed by atoms with van der Waals surface area (Å²) >= 11 is 0. The number of aliphatic hydroxyl groups is 1. The maximum absolute atomic E-state index is 12.4. The van der Waals surface area contributed by atoms with E-state index in [1.54, 1.807) is 4.90 Å². The fourth-order valence-corrected chi connectivity index (χ4v) is 3.32. The zero-order chi connectivity index (χ0) is 17.2. The van der Waals surface area contributed by atoms with Crippen molar-refractivity contribution in [1.82, 2.24) is 10.2 Å². The van der Waals surface area contributed by atoms with Gasteiger partial charge in [0, 0.05) is 12.5 Å². The summed E-state index contributed by atoms with van der Waals surface area (Å²) < 4.78 is 0. The first kappa shape index (κ1) is 16.8. The number of nitrogens with one attached hydrogen (secondary N) is 1.